The van der Waals surface area contributed by atoms with Gasteiger partial charge in [-0.3, -0.25) is 0 Å². The first kappa shape index (κ1) is 11.4. The first-order valence-corrected chi connectivity index (χ1v) is 5.59. The molecule has 3 heteroatoms. The molecule has 0 aliphatic carbocycles. The first-order chi connectivity index (χ1) is 7.38. The highest BCUT2D eigenvalue weighted by atomic mass is 19.1. The number of hydrogen-bond donors (Lipinski definition) is 1. The van der Waals surface area contributed by atoms with Crippen LogP contribution in [0.5, 0.6) is 5.75 Å². The highest BCUT2D eigenvalue weighted by molar-refractivity contribution is 5.38. The molecule has 0 aromatic heterocycles. The summed E-state index contributed by atoms with van der Waals surface area (Å²) in [5.41, 5.74) is 6.88. The average Bonchev–Trinajstić information content (AvgIpc) is 2.17. The van der Waals surface area contributed by atoms with Gasteiger partial charge in [-0.05, 0) is 23.6 Å². The van der Waals surface area contributed by atoms with Crippen molar-refractivity contribution in [1.82, 2.24) is 0 Å². The van der Waals surface area contributed by atoms with E-state index >= 15 is 0 Å². The maximum absolute atomic E-state index is 13.1. The lowest BCUT2D eigenvalue weighted by atomic mass is 9.82. The summed E-state index contributed by atoms with van der Waals surface area (Å²) in [7, 11) is 0. The molecule has 2 nitrogen and oxygen atoms in total. The second-order valence-electron chi connectivity index (χ2n) is 5.50. The fraction of sp³-hybridized carbons (Fsp3) is 0.538. The molecule has 1 aromatic rings. The minimum Gasteiger partial charge on any atom is -0.489 e. The molecule has 1 aliphatic rings. The number of ether oxygens (including phenoxy) is 1. The molecule has 1 unspecified atom stereocenters. The highest BCUT2D eigenvalue weighted by Crippen LogP contribution is 2.39. The third-order valence-electron chi connectivity index (χ3n) is 3.07. The van der Waals surface area contributed by atoms with Gasteiger partial charge in [-0.2, -0.15) is 0 Å². The van der Waals surface area contributed by atoms with Crippen molar-refractivity contribution in [3.8, 4) is 5.75 Å². The molecule has 1 heterocycles. The molecule has 0 saturated heterocycles. The lowest BCUT2D eigenvalue weighted by molar-refractivity contribution is 0.0579. The number of hydrogen-bond acceptors (Lipinski definition) is 2. The van der Waals surface area contributed by atoms with Crippen LogP contribution in [-0.2, 0) is 0 Å². The van der Waals surface area contributed by atoms with Crippen molar-refractivity contribution in [3.63, 3.8) is 0 Å². The lowest BCUT2D eigenvalue weighted by Crippen LogP contribution is -2.38. The van der Waals surface area contributed by atoms with E-state index in [4.69, 9.17) is 10.5 Å². The van der Waals surface area contributed by atoms with E-state index in [0.29, 0.717) is 0 Å². The van der Waals surface area contributed by atoms with Crippen molar-refractivity contribution in [2.45, 2.75) is 39.3 Å². The van der Waals surface area contributed by atoms with Gasteiger partial charge in [0.15, 0.2) is 0 Å². The fourth-order valence-corrected chi connectivity index (χ4v) is 2.01. The largest absolute Gasteiger partial charge is 0.489 e. The quantitative estimate of drug-likeness (QED) is 0.733. The Morgan fingerprint density at radius 2 is 2.06 bits per heavy atom. The smallest absolute Gasteiger partial charge is 0.124 e. The summed E-state index contributed by atoms with van der Waals surface area (Å²) in [4.78, 5) is 0. The van der Waals surface area contributed by atoms with Gasteiger partial charge < -0.3 is 10.5 Å². The maximum atomic E-state index is 13.1. The van der Waals surface area contributed by atoms with Gasteiger partial charge in [0.05, 0.1) is 0 Å². The molecule has 16 heavy (non-hydrogen) atoms. The normalized spacial score (nSPS) is 24.8. The van der Waals surface area contributed by atoms with E-state index in [2.05, 4.69) is 20.8 Å². The molecule has 0 amide bonds. The number of nitrogens with two attached hydrogens (primary N) is 1. The van der Waals surface area contributed by atoms with Crippen molar-refractivity contribution in [2.75, 3.05) is 0 Å². The zero-order valence-electron chi connectivity index (χ0n) is 9.96. The third kappa shape index (κ3) is 2.05. The molecule has 1 aliphatic heterocycles. The second kappa shape index (κ2) is 3.74. The summed E-state index contributed by atoms with van der Waals surface area (Å²) < 4.78 is 19.0. The summed E-state index contributed by atoms with van der Waals surface area (Å²) in [6.07, 6.45) is 0.820. The predicted molar refractivity (Wildman–Crippen MR) is 61.8 cm³/mol. The summed E-state index contributed by atoms with van der Waals surface area (Å²) in [6.45, 7) is 6.37. The Balaban J connectivity index is 2.34. The Kier molecular flexibility index (Phi) is 2.66. The van der Waals surface area contributed by atoms with E-state index in [9.17, 15) is 4.39 Å². The molecule has 88 valence electrons. The summed E-state index contributed by atoms with van der Waals surface area (Å²) in [6, 6.07) is 4.42. The SMILES string of the molecule is CC(C)(C)C1C[C@@H](N)c2cc(F)ccc2O1. The zero-order chi connectivity index (χ0) is 11.9. The van der Waals surface area contributed by atoms with Crippen LogP contribution in [0.25, 0.3) is 0 Å². The Hall–Kier alpha value is -1.09. The van der Waals surface area contributed by atoms with Gasteiger partial charge in [0.25, 0.3) is 0 Å². The van der Waals surface area contributed by atoms with Crippen LogP contribution in [0.1, 0.15) is 38.8 Å². The van der Waals surface area contributed by atoms with Crippen molar-refractivity contribution >= 4 is 0 Å². The summed E-state index contributed by atoms with van der Waals surface area (Å²) >= 11 is 0. The Morgan fingerprint density at radius 3 is 2.69 bits per heavy atom. The van der Waals surface area contributed by atoms with Gasteiger partial charge in [0.2, 0.25) is 0 Å². The predicted octanol–water partition coefficient (Wildman–Crippen LogP) is 3.02. The van der Waals surface area contributed by atoms with Crippen LogP contribution in [0, 0.1) is 11.2 Å². The zero-order valence-corrected chi connectivity index (χ0v) is 9.96. The van der Waals surface area contributed by atoms with E-state index in [1.807, 2.05) is 0 Å². The van der Waals surface area contributed by atoms with Crippen LogP contribution in [0.3, 0.4) is 0 Å². The van der Waals surface area contributed by atoms with Crippen molar-refractivity contribution in [2.24, 2.45) is 11.1 Å². The molecule has 0 bridgehead atoms. The highest BCUT2D eigenvalue weighted by Gasteiger charge is 2.34. The van der Waals surface area contributed by atoms with Crippen molar-refractivity contribution < 1.29 is 9.13 Å². The average molecular weight is 223 g/mol. The van der Waals surface area contributed by atoms with Gasteiger partial charge >= 0.3 is 0 Å². The van der Waals surface area contributed by atoms with Gasteiger partial charge in [0.1, 0.15) is 17.7 Å². The van der Waals surface area contributed by atoms with Gasteiger partial charge in [-0.15, -0.1) is 0 Å². The summed E-state index contributed by atoms with van der Waals surface area (Å²) in [5, 5.41) is 0. The van der Waals surface area contributed by atoms with Crippen LogP contribution in [-0.4, -0.2) is 6.10 Å². The maximum Gasteiger partial charge on any atom is 0.124 e. The van der Waals surface area contributed by atoms with Gasteiger partial charge in [-0.1, -0.05) is 20.8 Å². The summed E-state index contributed by atoms with van der Waals surface area (Å²) in [5.74, 6) is 0.465. The first-order valence-electron chi connectivity index (χ1n) is 5.59. The Bertz CT molecular complexity index is 397. The molecule has 0 fully saturated rings. The minimum absolute atomic E-state index is 0.0453. The minimum atomic E-state index is -0.257. The lowest BCUT2D eigenvalue weighted by Gasteiger charge is -2.37. The van der Waals surface area contributed by atoms with E-state index < -0.39 is 0 Å². The number of fused-ring (bicyclic) bond motifs is 1. The molecular weight excluding hydrogens is 205 g/mol. The van der Waals surface area contributed by atoms with Crippen molar-refractivity contribution in [3.05, 3.63) is 29.6 Å². The van der Waals surface area contributed by atoms with Crippen LogP contribution >= 0.6 is 0 Å². The standard InChI is InChI=1S/C13H18FNO/c1-13(2,3)12-7-10(15)9-6-8(14)4-5-11(9)16-12/h4-6,10,12H,7,15H2,1-3H3/t10-,12?/m1/s1. The Morgan fingerprint density at radius 1 is 1.38 bits per heavy atom. The molecule has 2 atom stereocenters. The number of halogens is 1. The van der Waals surface area contributed by atoms with Crippen LogP contribution in [0.2, 0.25) is 0 Å². The van der Waals surface area contributed by atoms with Crippen LogP contribution < -0.4 is 10.5 Å². The van der Waals surface area contributed by atoms with E-state index in [0.717, 1.165) is 17.7 Å². The molecular formula is C13H18FNO. The second-order valence-corrected chi connectivity index (χ2v) is 5.50. The fourth-order valence-electron chi connectivity index (χ4n) is 2.01. The number of rotatable bonds is 0. The molecule has 0 radical (unpaired) electrons. The monoisotopic (exact) mass is 223 g/mol. The Labute approximate surface area is 95.6 Å². The van der Waals surface area contributed by atoms with E-state index in [-0.39, 0.29) is 23.4 Å². The van der Waals surface area contributed by atoms with Crippen LogP contribution in [0.4, 0.5) is 4.39 Å². The van der Waals surface area contributed by atoms with E-state index in [1.54, 1.807) is 6.07 Å². The van der Waals surface area contributed by atoms with Gasteiger partial charge in [-0.25, -0.2) is 4.39 Å². The molecule has 2 N–H and O–H groups in total. The third-order valence-corrected chi connectivity index (χ3v) is 3.07. The topological polar surface area (TPSA) is 35.2 Å². The van der Waals surface area contributed by atoms with E-state index in [1.165, 1.54) is 12.1 Å². The van der Waals surface area contributed by atoms with Gasteiger partial charge in [0, 0.05) is 18.0 Å². The van der Waals surface area contributed by atoms with Crippen molar-refractivity contribution in [1.29, 1.82) is 0 Å². The molecule has 0 spiro atoms. The van der Waals surface area contributed by atoms with Crippen LogP contribution in [0.15, 0.2) is 18.2 Å². The molecule has 0 saturated carbocycles. The molecule has 2 rings (SSSR count). The molecule has 1 aromatic carbocycles. The number of benzene rings is 1.